The van der Waals surface area contributed by atoms with Crippen molar-refractivity contribution in [3.05, 3.63) is 70.9 Å². The van der Waals surface area contributed by atoms with Gasteiger partial charge in [0.2, 0.25) is 0 Å². The lowest BCUT2D eigenvalue weighted by atomic mass is 10.1. The van der Waals surface area contributed by atoms with Gasteiger partial charge in [0.25, 0.3) is 0 Å². The zero-order chi connectivity index (χ0) is 19.9. The summed E-state index contributed by atoms with van der Waals surface area (Å²) in [6.07, 6.45) is -1.49. The number of fused-ring (bicyclic) bond motifs is 1. The van der Waals surface area contributed by atoms with Crippen LogP contribution in [0.2, 0.25) is 0 Å². The van der Waals surface area contributed by atoms with Crippen molar-refractivity contribution in [3.63, 3.8) is 0 Å². The first-order chi connectivity index (χ1) is 13.6. The van der Waals surface area contributed by atoms with Crippen LogP contribution in [-0.4, -0.2) is 35.8 Å². The number of guanidine groups is 1. The summed E-state index contributed by atoms with van der Waals surface area (Å²) in [6.45, 7) is 3.01. The third-order valence-electron chi connectivity index (χ3n) is 4.26. The zero-order valence-corrected chi connectivity index (χ0v) is 16.4. The van der Waals surface area contributed by atoms with Gasteiger partial charge in [-0.25, -0.2) is 4.39 Å². The van der Waals surface area contributed by atoms with Crippen LogP contribution in [0.5, 0.6) is 0 Å². The van der Waals surface area contributed by atoms with Gasteiger partial charge in [-0.3, -0.25) is 4.99 Å². The van der Waals surface area contributed by atoms with E-state index in [1.165, 1.54) is 12.1 Å². The van der Waals surface area contributed by atoms with Gasteiger partial charge in [0.05, 0.1) is 12.6 Å². The standard InChI is InChI=1S/C21H24FN3O2S/c1-2-23-21(24-12-17(26)14-7-9-16(22)10-8-14)25-13-18(27)20-11-15-5-3-4-6-19(15)28-20/h3-11,17-18,26-27H,2,12-13H2,1H3,(H2,23,24,25). The molecule has 2 unspecified atom stereocenters. The summed E-state index contributed by atoms with van der Waals surface area (Å²) in [5, 5.41) is 28.0. The van der Waals surface area contributed by atoms with E-state index in [1.54, 1.807) is 23.5 Å². The molecular weight excluding hydrogens is 377 g/mol. The molecule has 0 saturated heterocycles. The monoisotopic (exact) mass is 401 g/mol. The van der Waals surface area contributed by atoms with Crippen molar-refractivity contribution in [1.82, 2.24) is 10.6 Å². The highest BCUT2D eigenvalue weighted by atomic mass is 32.1. The van der Waals surface area contributed by atoms with E-state index in [1.807, 2.05) is 37.3 Å². The predicted molar refractivity (Wildman–Crippen MR) is 112 cm³/mol. The maximum Gasteiger partial charge on any atom is 0.191 e. The van der Waals surface area contributed by atoms with Gasteiger partial charge in [0.15, 0.2) is 5.96 Å². The largest absolute Gasteiger partial charge is 0.387 e. The molecule has 28 heavy (non-hydrogen) atoms. The summed E-state index contributed by atoms with van der Waals surface area (Å²) < 4.78 is 14.1. The number of hydrogen-bond donors (Lipinski definition) is 4. The van der Waals surface area contributed by atoms with E-state index in [2.05, 4.69) is 15.6 Å². The lowest BCUT2D eigenvalue weighted by molar-refractivity contribution is 0.180. The Morgan fingerprint density at radius 1 is 1.07 bits per heavy atom. The lowest BCUT2D eigenvalue weighted by Crippen LogP contribution is -2.39. The summed E-state index contributed by atoms with van der Waals surface area (Å²) in [4.78, 5) is 5.29. The molecule has 0 radical (unpaired) electrons. The molecule has 0 amide bonds. The van der Waals surface area contributed by atoms with Gasteiger partial charge in [0, 0.05) is 22.7 Å². The number of aliphatic hydroxyl groups is 2. The van der Waals surface area contributed by atoms with E-state index < -0.39 is 12.2 Å². The van der Waals surface area contributed by atoms with E-state index in [-0.39, 0.29) is 18.9 Å². The van der Waals surface area contributed by atoms with Gasteiger partial charge in [-0.05, 0) is 42.1 Å². The van der Waals surface area contributed by atoms with Gasteiger partial charge < -0.3 is 20.8 Å². The molecule has 2 aromatic carbocycles. The number of nitrogens with one attached hydrogen (secondary N) is 2. The first-order valence-corrected chi connectivity index (χ1v) is 10.0. The van der Waals surface area contributed by atoms with Crippen LogP contribution in [0, 0.1) is 5.82 Å². The molecule has 0 aliphatic heterocycles. The van der Waals surface area contributed by atoms with Crippen LogP contribution in [0.15, 0.2) is 59.6 Å². The van der Waals surface area contributed by atoms with Crippen LogP contribution in [0.4, 0.5) is 4.39 Å². The minimum Gasteiger partial charge on any atom is -0.387 e. The molecule has 0 aliphatic carbocycles. The summed E-state index contributed by atoms with van der Waals surface area (Å²) in [6, 6.07) is 15.7. The van der Waals surface area contributed by atoms with Crippen LogP contribution in [0.1, 0.15) is 29.6 Å². The van der Waals surface area contributed by atoms with Crippen LogP contribution in [0.3, 0.4) is 0 Å². The van der Waals surface area contributed by atoms with E-state index in [9.17, 15) is 14.6 Å². The quantitative estimate of drug-likeness (QED) is 0.362. The highest BCUT2D eigenvalue weighted by Crippen LogP contribution is 2.29. The predicted octanol–water partition coefficient (Wildman–Crippen LogP) is 3.36. The number of aliphatic hydroxyl groups excluding tert-OH is 2. The fourth-order valence-corrected chi connectivity index (χ4v) is 3.81. The van der Waals surface area contributed by atoms with E-state index >= 15 is 0 Å². The second-order valence-electron chi connectivity index (χ2n) is 6.37. The average Bonchev–Trinajstić information content (AvgIpc) is 3.14. The first-order valence-electron chi connectivity index (χ1n) is 9.19. The molecule has 4 N–H and O–H groups in total. The number of rotatable bonds is 7. The van der Waals surface area contributed by atoms with Crippen LogP contribution in [-0.2, 0) is 0 Å². The number of benzene rings is 2. The fourth-order valence-electron chi connectivity index (χ4n) is 2.77. The van der Waals surface area contributed by atoms with Gasteiger partial charge in [-0.15, -0.1) is 11.3 Å². The maximum atomic E-state index is 13.0. The number of thiophene rings is 1. The van der Waals surface area contributed by atoms with Gasteiger partial charge >= 0.3 is 0 Å². The van der Waals surface area contributed by atoms with Crippen LogP contribution < -0.4 is 10.6 Å². The molecule has 148 valence electrons. The van der Waals surface area contributed by atoms with Crippen molar-refractivity contribution in [1.29, 1.82) is 0 Å². The van der Waals surface area contributed by atoms with Crippen LogP contribution >= 0.6 is 11.3 Å². The Morgan fingerprint density at radius 2 is 1.82 bits per heavy atom. The Bertz CT molecular complexity index is 894. The Hall–Kier alpha value is -2.48. The Kier molecular flexibility index (Phi) is 6.97. The molecule has 3 rings (SSSR count). The Morgan fingerprint density at radius 3 is 2.54 bits per heavy atom. The topological polar surface area (TPSA) is 76.9 Å². The van der Waals surface area contributed by atoms with Gasteiger partial charge in [-0.2, -0.15) is 0 Å². The van der Waals surface area contributed by atoms with Crippen molar-refractivity contribution in [2.45, 2.75) is 19.1 Å². The van der Waals surface area contributed by atoms with Crippen molar-refractivity contribution in [2.24, 2.45) is 4.99 Å². The highest BCUT2D eigenvalue weighted by Gasteiger charge is 2.12. The van der Waals surface area contributed by atoms with E-state index in [4.69, 9.17) is 0 Å². The van der Waals surface area contributed by atoms with Gasteiger partial charge in [0.1, 0.15) is 11.9 Å². The lowest BCUT2D eigenvalue weighted by Gasteiger charge is -2.16. The zero-order valence-electron chi connectivity index (χ0n) is 15.6. The smallest absolute Gasteiger partial charge is 0.191 e. The van der Waals surface area contributed by atoms with Crippen LogP contribution in [0.25, 0.3) is 10.1 Å². The second kappa shape index (κ2) is 9.64. The van der Waals surface area contributed by atoms with E-state index in [0.717, 1.165) is 15.0 Å². The summed E-state index contributed by atoms with van der Waals surface area (Å²) in [5.41, 5.74) is 0.620. The molecule has 7 heteroatoms. The maximum absolute atomic E-state index is 13.0. The molecule has 3 aromatic rings. The highest BCUT2D eigenvalue weighted by molar-refractivity contribution is 7.19. The average molecular weight is 402 g/mol. The van der Waals surface area contributed by atoms with Crippen molar-refractivity contribution in [3.8, 4) is 0 Å². The molecule has 5 nitrogen and oxygen atoms in total. The molecule has 1 aromatic heterocycles. The number of nitrogens with zero attached hydrogens (tertiary/aromatic N) is 1. The molecule has 0 aliphatic rings. The van der Waals surface area contributed by atoms with Crippen molar-refractivity contribution < 1.29 is 14.6 Å². The number of halogens is 1. The Balaban J connectivity index is 1.60. The normalized spacial score (nSPS) is 14.1. The molecule has 0 saturated carbocycles. The van der Waals surface area contributed by atoms with Crippen molar-refractivity contribution in [2.75, 3.05) is 19.6 Å². The van der Waals surface area contributed by atoms with Crippen molar-refractivity contribution >= 4 is 27.4 Å². The fraction of sp³-hybridized carbons (Fsp3) is 0.286. The minimum absolute atomic E-state index is 0.203. The minimum atomic E-state index is -0.794. The molecule has 0 spiro atoms. The third kappa shape index (κ3) is 5.28. The molecule has 1 heterocycles. The summed E-state index contributed by atoms with van der Waals surface area (Å²) in [5.74, 6) is 0.165. The molecular formula is C21H24FN3O2S. The molecule has 2 atom stereocenters. The Labute approximate surface area is 167 Å². The second-order valence-corrected chi connectivity index (χ2v) is 7.49. The third-order valence-corrected chi connectivity index (χ3v) is 5.47. The summed E-state index contributed by atoms with van der Waals surface area (Å²) >= 11 is 1.56. The SMILES string of the molecule is CCNC(=NCC(O)c1cc2ccccc2s1)NCC(O)c1ccc(F)cc1. The number of aliphatic imine (C=N–C) groups is 1. The first kappa shape index (κ1) is 20.3. The molecule has 0 fully saturated rings. The van der Waals surface area contributed by atoms with E-state index in [0.29, 0.717) is 18.1 Å². The number of hydrogen-bond acceptors (Lipinski definition) is 4. The summed E-state index contributed by atoms with van der Waals surface area (Å²) in [7, 11) is 0. The van der Waals surface area contributed by atoms with Gasteiger partial charge in [-0.1, -0.05) is 30.3 Å². The molecule has 0 bridgehead atoms.